The fourth-order valence-corrected chi connectivity index (χ4v) is 5.68. The topological polar surface area (TPSA) is 73.8 Å². The van der Waals surface area contributed by atoms with Gasteiger partial charge in [0.05, 0.1) is 6.54 Å². The SMILES string of the molecule is CCC(CC)(CNC(=NC)NCc1ccc(S(=O)(=O)N(C)C)s1)c1ccccc1.I. The second-order valence-corrected chi connectivity index (χ2v) is 10.7. The summed E-state index contributed by atoms with van der Waals surface area (Å²) in [5.74, 6) is 0.706. The van der Waals surface area contributed by atoms with Crippen LogP contribution in [0.25, 0.3) is 0 Å². The highest BCUT2D eigenvalue weighted by atomic mass is 127. The molecule has 1 aromatic heterocycles. The molecule has 0 aliphatic heterocycles. The summed E-state index contributed by atoms with van der Waals surface area (Å²) < 4.78 is 26.0. The fraction of sp³-hybridized carbons (Fsp3) is 0.476. The number of benzene rings is 1. The zero-order valence-corrected chi connectivity index (χ0v) is 22.3. The molecule has 0 saturated carbocycles. The van der Waals surface area contributed by atoms with Crippen LogP contribution in [0.15, 0.2) is 51.7 Å². The first kappa shape index (κ1) is 26.9. The molecule has 0 fully saturated rings. The molecule has 0 spiro atoms. The number of nitrogens with zero attached hydrogens (tertiary/aromatic N) is 2. The van der Waals surface area contributed by atoms with Crippen LogP contribution in [0, 0.1) is 0 Å². The third kappa shape index (κ3) is 6.41. The molecule has 0 aliphatic carbocycles. The van der Waals surface area contributed by atoms with E-state index in [1.807, 2.05) is 12.1 Å². The molecule has 0 saturated heterocycles. The molecule has 0 amide bonds. The summed E-state index contributed by atoms with van der Waals surface area (Å²) in [6, 6.07) is 14.1. The van der Waals surface area contributed by atoms with Crippen LogP contribution in [-0.2, 0) is 22.0 Å². The van der Waals surface area contributed by atoms with E-state index in [-0.39, 0.29) is 29.4 Å². The minimum absolute atomic E-state index is 0. The Morgan fingerprint density at radius 3 is 2.23 bits per heavy atom. The lowest BCUT2D eigenvalue weighted by Gasteiger charge is -2.33. The van der Waals surface area contributed by atoms with E-state index in [2.05, 4.69) is 53.7 Å². The molecule has 6 nitrogen and oxygen atoms in total. The first-order valence-electron chi connectivity index (χ1n) is 9.80. The van der Waals surface area contributed by atoms with Crippen LogP contribution < -0.4 is 10.6 Å². The molecule has 1 heterocycles. The average Bonchev–Trinajstić information content (AvgIpc) is 3.21. The lowest BCUT2D eigenvalue weighted by Crippen LogP contribution is -2.45. The van der Waals surface area contributed by atoms with Gasteiger partial charge >= 0.3 is 0 Å². The van der Waals surface area contributed by atoms with Crippen LogP contribution in [0.4, 0.5) is 0 Å². The van der Waals surface area contributed by atoms with E-state index in [9.17, 15) is 8.42 Å². The van der Waals surface area contributed by atoms with Crippen molar-refractivity contribution in [3.63, 3.8) is 0 Å². The predicted octanol–water partition coefficient (Wildman–Crippen LogP) is 4.04. The number of aliphatic imine (C=N–C) groups is 1. The Labute approximate surface area is 202 Å². The zero-order chi connectivity index (χ0) is 21.5. The van der Waals surface area contributed by atoms with Crippen molar-refractivity contribution in [3.8, 4) is 0 Å². The molecule has 0 bridgehead atoms. The van der Waals surface area contributed by atoms with Gasteiger partial charge in [-0.15, -0.1) is 35.3 Å². The van der Waals surface area contributed by atoms with Crippen LogP contribution in [0.5, 0.6) is 0 Å². The second kappa shape index (κ2) is 12.0. The number of thiophene rings is 1. The number of hydrogen-bond donors (Lipinski definition) is 2. The largest absolute Gasteiger partial charge is 0.356 e. The van der Waals surface area contributed by atoms with E-state index >= 15 is 0 Å². The standard InChI is InChI=1S/C21H32N4O2S2.HI/c1-6-21(7-2,17-11-9-8-10-12-17)16-24-20(22-3)23-15-18-13-14-19(28-18)29(26,27)25(4)5;/h8-14H,6-7,15-16H2,1-5H3,(H2,22,23,24);1H. The summed E-state index contributed by atoms with van der Waals surface area (Å²) in [4.78, 5) is 5.26. The second-order valence-electron chi connectivity index (χ2n) is 7.14. The molecule has 2 aromatic rings. The van der Waals surface area contributed by atoms with Crippen LogP contribution in [0.1, 0.15) is 37.1 Å². The highest BCUT2D eigenvalue weighted by molar-refractivity contribution is 14.0. The smallest absolute Gasteiger partial charge is 0.252 e. The summed E-state index contributed by atoms with van der Waals surface area (Å²) in [7, 11) is 1.44. The van der Waals surface area contributed by atoms with Crippen molar-refractivity contribution in [2.45, 2.75) is 42.9 Å². The number of halogens is 1. The molecular weight excluding hydrogens is 531 g/mol. The Morgan fingerprint density at radius 1 is 1.07 bits per heavy atom. The monoisotopic (exact) mass is 564 g/mol. The summed E-state index contributed by atoms with van der Waals surface area (Å²) in [6.07, 6.45) is 2.04. The van der Waals surface area contributed by atoms with Gasteiger partial charge in [-0.05, 0) is 30.5 Å². The Balaban J connectivity index is 0.00000450. The fourth-order valence-electron chi connectivity index (χ4n) is 3.22. The van der Waals surface area contributed by atoms with Gasteiger partial charge in [0.25, 0.3) is 10.0 Å². The number of rotatable bonds is 9. The van der Waals surface area contributed by atoms with Gasteiger partial charge in [0, 0.05) is 38.0 Å². The van der Waals surface area contributed by atoms with Gasteiger partial charge in [-0.1, -0.05) is 44.2 Å². The molecular formula is C21H33IN4O2S2. The quantitative estimate of drug-likeness (QED) is 0.274. The number of guanidine groups is 1. The van der Waals surface area contributed by atoms with Crippen molar-refractivity contribution in [2.24, 2.45) is 4.99 Å². The van der Waals surface area contributed by atoms with Gasteiger partial charge in [0.15, 0.2) is 5.96 Å². The van der Waals surface area contributed by atoms with Gasteiger partial charge in [-0.2, -0.15) is 0 Å². The van der Waals surface area contributed by atoms with Gasteiger partial charge in [-0.3, -0.25) is 4.99 Å². The van der Waals surface area contributed by atoms with Gasteiger partial charge < -0.3 is 10.6 Å². The maximum atomic E-state index is 12.2. The molecule has 168 valence electrons. The molecule has 9 heteroatoms. The number of sulfonamides is 1. The summed E-state index contributed by atoms with van der Waals surface area (Å²) in [5, 5.41) is 6.75. The van der Waals surface area contributed by atoms with Crippen LogP contribution in [0.2, 0.25) is 0 Å². The highest BCUT2D eigenvalue weighted by Crippen LogP contribution is 2.30. The lowest BCUT2D eigenvalue weighted by atomic mass is 9.76. The maximum Gasteiger partial charge on any atom is 0.252 e. The summed E-state index contributed by atoms with van der Waals surface area (Å²) in [6.45, 7) is 5.72. The van der Waals surface area contributed by atoms with E-state index in [1.54, 1.807) is 27.2 Å². The van der Waals surface area contributed by atoms with Crippen LogP contribution in [0.3, 0.4) is 0 Å². The lowest BCUT2D eigenvalue weighted by molar-refractivity contribution is 0.389. The van der Waals surface area contributed by atoms with Crippen LogP contribution in [-0.4, -0.2) is 46.4 Å². The normalized spacial score (nSPS) is 12.5. The van der Waals surface area contributed by atoms with Gasteiger partial charge in [-0.25, -0.2) is 12.7 Å². The van der Waals surface area contributed by atoms with Crippen molar-refractivity contribution in [3.05, 3.63) is 52.9 Å². The van der Waals surface area contributed by atoms with Crippen molar-refractivity contribution >= 4 is 51.3 Å². The minimum Gasteiger partial charge on any atom is -0.356 e. The summed E-state index contributed by atoms with van der Waals surface area (Å²) in [5.41, 5.74) is 1.36. The van der Waals surface area contributed by atoms with Crippen molar-refractivity contribution in [2.75, 3.05) is 27.7 Å². The van der Waals surface area contributed by atoms with Crippen LogP contribution >= 0.6 is 35.3 Å². The molecule has 0 radical (unpaired) electrons. The van der Waals surface area contributed by atoms with E-state index in [1.165, 1.54) is 21.2 Å². The predicted molar refractivity (Wildman–Crippen MR) is 138 cm³/mol. The number of nitrogens with one attached hydrogen (secondary N) is 2. The Morgan fingerprint density at radius 2 is 1.70 bits per heavy atom. The van der Waals surface area contributed by atoms with Crippen molar-refractivity contribution in [1.82, 2.24) is 14.9 Å². The molecule has 0 aliphatic rings. The Kier molecular flexibility index (Phi) is 10.8. The zero-order valence-electron chi connectivity index (χ0n) is 18.3. The van der Waals surface area contributed by atoms with Gasteiger partial charge in [0.1, 0.15) is 4.21 Å². The Bertz CT molecular complexity index is 908. The number of hydrogen-bond acceptors (Lipinski definition) is 4. The third-order valence-electron chi connectivity index (χ3n) is 5.36. The molecule has 2 rings (SSSR count). The molecule has 2 N–H and O–H groups in total. The van der Waals surface area contributed by atoms with E-state index in [4.69, 9.17) is 0 Å². The first-order valence-corrected chi connectivity index (χ1v) is 12.1. The maximum absolute atomic E-state index is 12.2. The van der Waals surface area contributed by atoms with Gasteiger partial charge in [0.2, 0.25) is 0 Å². The minimum atomic E-state index is -3.39. The molecule has 0 atom stereocenters. The highest BCUT2D eigenvalue weighted by Gasteiger charge is 2.28. The molecule has 0 unspecified atom stereocenters. The third-order valence-corrected chi connectivity index (χ3v) is 8.73. The molecule has 30 heavy (non-hydrogen) atoms. The average molecular weight is 565 g/mol. The van der Waals surface area contributed by atoms with E-state index in [0.717, 1.165) is 24.3 Å². The van der Waals surface area contributed by atoms with Crippen molar-refractivity contribution < 1.29 is 8.42 Å². The molecule has 1 aromatic carbocycles. The summed E-state index contributed by atoms with van der Waals surface area (Å²) >= 11 is 1.28. The Hall–Kier alpha value is -1.17. The van der Waals surface area contributed by atoms with E-state index < -0.39 is 10.0 Å². The van der Waals surface area contributed by atoms with E-state index in [0.29, 0.717) is 16.7 Å². The van der Waals surface area contributed by atoms with Crippen molar-refractivity contribution in [1.29, 1.82) is 0 Å². The first-order chi connectivity index (χ1) is 13.8.